The summed E-state index contributed by atoms with van der Waals surface area (Å²) in [5.74, 6) is 0.210. The molecule has 5 nitrogen and oxygen atoms in total. The number of nitrogens with two attached hydrogens (primary N) is 1. The lowest BCUT2D eigenvalue weighted by Gasteiger charge is -2.21. The molecule has 1 aromatic heterocycles. The fourth-order valence-corrected chi connectivity index (χ4v) is 0.839. The van der Waals surface area contributed by atoms with Gasteiger partial charge in [0, 0.05) is 7.11 Å². The van der Waals surface area contributed by atoms with Crippen molar-refractivity contribution in [3.8, 4) is 0 Å². The molecule has 82 valence electrons. The molecule has 1 rings (SSSR count). The highest BCUT2D eigenvalue weighted by molar-refractivity contribution is 5.96. The van der Waals surface area contributed by atoms with E-state index in [9.17, 15) is 4.79 Å². The van der Waals surface area contributed by atoms with Gasteiger partial charge in [-0.3, -0.25) is 4.79 Å². The Balaban J connectivity index is 2.71. The van der Waals surface area contributed by atoms with E-state index in [1.807, 2.05) is 0 Å². The van der Waals surface area contributed by atoms with Crippen LogP contribution < -0.4 is 11.1 Å². The molecule has 1 heterocycles. The van der Waals surface area contributed by atoms with E-state index < -0.39 is 5.60 Å². The molecule has 0 bridgehead atoms. The Labute approximate surface area is 88.6 Å². The zero-order chi connectivity index (χ0) is 11.5. The van der Waals surface area contributed by atoms with Crippen LogP contribution in [-0.4, -0.2) is 23.6 Å². The van der Waals surface area contributed by atoms with Gasteiger partial charge in [-0.15, -0.1) is 0 Å². The van der Waals surface area contributed by atoms with Crippen LogP contribution in [0.5, 0.6) is 0 Å². The predicted octanol–water partition coefficient (Wildman–Crippen LogP) is 1.03. The number of nitrogen functional groups attached to an aromatic ring is 1. The minimum absolute atomic E-state index is 0.248. The molecule has 0 saturated heterocycles. The summed E-state index contributed by atoms with van der Waals surface area (Å²) in [6.45, 7) is 3.36. The summed E-state index contributed by atoms with van der Waals surface area (Å²) >= 11 is 0. The van der Waals surface area contributed by atoms with Crippen LogP contribution in [0.25, 0.3) is 0 Å². The van der Waals surface area contributed by atoms with Gasteiger partial charge in [-0.05, 0) is 26.0 Å². The van der Waals surface area contributed by atoms with Gasteiger partial charge in [0.25, 0.3) is 5.91 Å². The third-order valence-corrected chi connectivity index (χ3v) is 2.09. The van der Waals surface area contributed by atoms with Gasteiger partial charge in [-0.25, -0.2) is 4.98 Å². The van der Waals surface area contributed by atoms with Gasteiger partial charge in [0.05, 0.1) is 11.9 Å². The molecule has 5 heteroatoms. The fraction of sp³-hybridized carbons (Fsp3) is 0.400. The summed E-state index contributed by atoms with van der Waals surface area (Å²) in [6, 6.07) is 3.31. The van der Waals surface area contributed by atoms with Crippen LogP contribution >= 0.6 is 0 Å². The van der Waals surface area contributed by atoms with Crippen molar-refractivity contribution in [3.05, 3.63) is 18.3 Å². The van der Waals surface area contributed by atoms with Crippen molar-refractivity contribution in [2.24, 2.45) is 0 Å². The van der Waals surface area contributed by atoms with Gasteiger partial charge >= 0.3 is 0 Å². The molecular weight excluding hydrogens is 194 g/mol. The highest BCUT2D eigenvalue weighted by Gasteiger charge is 2.27. The van der Waals surface area contributed by atoms with E-state index in [2.05, 4.69) is 10.3 Å². The van der Waals surface area contributed by atoms with Crippen molar-refractivity contribution in [2.45, 2.75) is 19.4 Å². The molecule has 0 atom stereocenters. The number of hydrogen-bond acceptors (Lipinski definition) is 4. The zero-order valence-electron chi connectivity index (χ0n) is 9.07. The minimum Gasteiger partial charge on any atom is -0.397 e. The standard InChI is InChI=1S/C10H15N3O2/c1-10(2,15-3)9(14)13-8-5-4-7(11)6-12-8/h4-6H,11H2,1-3H3,(H,12,13,14). The van der Waals surface area contributed by atoms with Gasteiger partial charge in [0.15, 0.2) is 0 Å². The fourth-order valence-electron chi connectivity index (χ4n) is 0.839. The van der Waals surface area contributed by atoms with Crippen molar-refractivity contribution >= 4 is 17.4 Å². The molecule has 0 fully saturated rings. The number of amides is 1. The summed E-state index contributed by atoms with van der Waals surface area (Å²) in [7, 11) is 1.48. The lowest BCUT2D eigenvalue weighted by atomic mass is 10.1. The van der Waals surface area contributed by atoms with E-state index in [0.29, 0.717) is 11.5 Å². The van der Waals surface area contributed by atoms with E-state index in [-0.39, 0.29) is 5.91 Å². The largest absolute Gasteiger partial charge is 0.397 e. The summed E-state index contributed by atoms with van der Waals surface area (Å²) in [6.07, 6.45) is 1.48. The van der Waals surface area contributed by atoms with Crippen LogP contribution in [0.15, 0.2) is 18.3 Å². The molecule has 1 amide bonds. The van der Waals surface area contributed by atoms with Crippen LogP contribution in [0.3, 0.4) is 0 Å². The van der Waals surface area contributed by atoms with Crippen LogP contribution in [0, 0.1) is 0 Å². The lowest BCUT2D eigenvalue weighted by molar-refractivity contribution is -0.133. The number of nitrogens with zero attached hydrogens (tertiary/aromatic N) is 1. The van der Waals surface area contributed by atoms with Gasteiger partial charge in [0.2, 0.25) is 0 Å². The van der Waals surface area contributed by atoms with Crippen molar-refractivity contribution in [3.63, 3.8) is 0 Å². The second-order valence-corrected chi connectivity index (χ2v) is 3.65. The molecule has 0 radical (unpaired) electrons. The quantitative estimate of drug-likeness (QED) is 0.779. The number of carbonyl (C=O) groups is 1. The SMILES string of the molecule is COC(C)(C)C(=O)Nc1ccc(N)cn1. The molecule has 0 saturated carbocycles. The van der Waals surface area contributed by atoms with E-state index in [1.54, 1.807) is 26.0 Å². The van der Waals surface area contributed by atoms with Gasteiger partial charge < -0.3 is 15.8 Å². The molecular formula is C10H15N3O2. The Morgan fingerprint density at radius 2 is 2.20 bits per heavy atom. The van der Waals surface area contributed by atoms with E-state index >= 15 is 0 Å². The maximum Gasteiger partial charge on any atom is 0.257 e. The molecule has 0 aromatic carbocycles. The number of ether oxygens (including phenoxy) is 1. The second-order valence-electron chi connectivity index (χ2n) is 3.65. The highest BCUT2D eigenvalue weighted by atomic mass is 16.5. The van der Waals surface area contributed by atoms with Crippen LogP contribution in [0.4, 0.5) is 11.5 Å². The molecule has 0 aliphatic rings. The summed E-state index contributed by atoms with van der Waals surface area (Å²) in [5, 5.41) is 2.63. The predicted molar refractivity (Wildman–Crippen MR) is 58.4 cm³/mol. The normalized spacial score (nSPS) is 11.1. The van der Waals surface area contributed by atoms with Crippen molar-refractivity contribution in [1.82, 2.24) is 4.98 Å². The van der Waals surface area contributed by atoms with Gasteiger partial charge in [0.1, 0.15) is 11.4 Å². The monoisotopic (exact) mass is 209 g/mol. The highest BCUT2D eigenvalue weighted by Crippen LogP contribution is 2.12. The number of anilines is 2. The Morgan fingerprint density at radius 1 is 1.53 bits per heavy atom. The first-order chi connectivity index (χ1) is 6.95. The first-order valence-electron chi connectivity index (χ1n) is 4.54. The molecule has 0 aliphatic heterocycles. The molecule has 0 unspecified atom stereocenters. The van der Waals surface area contributed by atoms with Crippen molar-refractivity contribution in [1.29, 1.82) is 0 Å². The van der Waals surface area contributed by atoms with Crippen LogP contribution in [0.1, 0.15) is 13.8 Å². The smallest absolute Gasteiger partial charge is 0.257 e. The van der Waals surface area contributed by atoms with E-state index in [0.717, 1.165) is 0 Å². The first kappa shape index (κ1) is 11.5. The molecule has 0 aliphatic carbocycles. The number of nitrogens with one attached hydrogen (secondary N) is 1. The van der Waals surface area contributed by atoms with Gasteiger partial charge in [-0.2, -0.15) is 0 Å². The average molecular weight is 209 g/mol. The third kappa shape index (κ3) is 2.92. The molecule has 15 heavy (non-hydrogen) atoms. The Kier molecular flexibility index (Phi) is 3.26. The van der Waals surface area contributed by atoms with Crippen LogP contribution in [0.2, 0.25) is 0 Å². The second kappa shape index (κ2) is 4.27. The van der Waals surface area contributed by atoms with Gasteiger partial charge in [-0.1, -0.05) is 0 Å². The Bertz CT molecular complexity index is 346. The number of carbonyl (C=O) groups excluding carboxylic acids is 1. The maximum atomic E-state index is 11.6. The number of rotatable bonds is 3. The molecule has 3 N–H and O–H groups in total. The number of pyridine rings is 1. The zero-order valence-corrected chi connectivity index (χ0v) is 9.07. The molecule has 1 aromatic rings. The van der Waals surface area contributed by atoms with Crippen LogP contribution in [-0.2, 0) is 9.53 Å². The molecule has 0 spiro atoms. The number of methoxy groups -OCH3 is 1. The van der Waals surface area contributed by atoms with E-state index in [4.69, 9.17) is 10.5 Å². The summed E-state index contributed by atoms with van der Waals surface area (Å²) in [4.78, 5) is 15.6. The Morgan fingerprint density at radius 3 is 2.67 bits per heavy atom. The van der Waals surface area contributed by atoms with Crippen molar-refractivity contribution in [2.75, 3.05) is 18.2 Å². The maximum absolute atomic E-state index is 11.6. The third-order valence-electron chi connectivity index (χ3n) is 2.09. The summed E-state index contributed by atoms with van der Waals surface area (Å²) in [5.41, 5.74) is 5.15. The first-order valence-corrected chi connectivity index (χ1v) is 4.54. The van der Waals surface area contributed by atoms with E-state index in [1.165, 1.54) is 13.3 Å². The summed E-state index contributed by atoms with van der Waals surface area (Å²) < 4.78 is 5.03. The number of hydrogen-bond donors (Lipinski definition) is 2. The topological polar surface area (TPSA) is 77.2 Å². The average Bonchev–Trinajstić information content (AvgIpc) is 2.21. The lowest BCUT2D eigenvalue weighted by Crippen LogP contribution is -2.39. The number of aromatic nitrogens is 1. The Hall–Kier alpha value is -1.62. The van der Waals surface area contributed by atoms with Crippen molar-refractivity contribution < 1.29 is 9.53 Å². The minimum atomic E-state index is -0.872.